The van der Waals surface area contributed by atoms with Crippen LogP contribution in [0.3, 0.4) is 0 Å². The first-order valence-corrected chi connectivity index (χ1v) is 3.36. The molecular formula is C9H6NO. The number of rotatable bonds is 0. The van der Waals surface area contributed by atoms with Gasteiger partial charge in [0.25, 0.3) is 0 Å². The van der Waals surface area contributed by atoms with Crippen molar-refractivity contribution < 1.29 is 0 Å². The van der Waals surface area contributed by atoms with Crippen molar-refractivity contribution in [2.75, 3.05) is 0 Å². The zero-order valence-electron chi connectivity index (χ0n) is 5.79. The van der Waals surface area contributed by atoms with E-state index in [2.05, 4.69) is 11.1 Å². The molecule has 0 fully saturated rings. The van der Waals surface area contributed by atoms with Gasteiger partial charge in [-0.05, 0) is 12.1 Å². The summed E-state index contributed by atoms with van der Waals surface area (Å²) in [5.74, 6) is 0. The number of hydrogen-bond donors (Lipinski definition) is 1. The summed E-state index contributed by atoms with van der Waals surface area (Å²) in [4.78, 5) is 14.1. The van der Waals surface area contributed by atoms with Crippen LogP contribution in [-0.2, 0) is 0 Å². The second kappa shape index (κ2) is 2.23. The molecule has 1 radical (unpaired) electrons. The number of benzene rings is 1. The Bertz CT molecular complexity index is 425. The van der Waals surface area contributed by atoms with Gasteiger partial charge < -0.3 is 4.98 Å². The van der Waals surface area contributed by atoms with Gasteiger partial charge in [-0.15, -0.1) is 0 Å². The molecular weight excluding hydrogens is 138 g/mol. The Morgan fingerprint density at radius 1 is 1.36 bits per heavy atom. The highest BCUT2D eigenvalue weighted by Crippen LogP contribution is 2.02. The minimum atomic E-state index is 0.0133. The minimum absolute atomic E-state index is 0.0133. The summed E-state index contributed by atoms with van der Waals surface area (Å²) in [5.41, 5.74) is 0.847. The third kappa shape index (κ3) is 0.923. The number of hydrogen-bond acceptors (Lipinski definition) is 1. The fourth-order valence-corrected chi connectivity index (χ4v) is 1.05. The van der Waals surface area contributed by atoms with E-state index in [1.807, 2.05) is 12.1 Å². The second-order valence-electron chi connectivity index (χ2n) is 2.30. The van der Waals surface area contributed by atoms with Crippen LogP contribution in [0, 0.1) is 6.07 Å². The average Bonchev–Trinajstić information content (AvgIpc) is 2.06. The van der Waals surface area contributed by atoms with Crippen molar-refractivity contribution in [2.24, 2.45) is 0 Å². The van der Waals surface area contributed by atoms with Crippen LogP contribution < -0.4 is 5.43 Å². The Morgan fingerprint density at radius 3 is 3.09 bits per heavy atom. The smallest absolute Gasteiger partial charge is 0.189 e. The van der Waals surface area contributed by atoms with Crippen molar-refractivity contribution in [3.63, 3.8) is 0 Å². The number of aromatic nitrogens is 1. The third-order valence-electron chi connectivity index (χ3n) is 1.58. The molecule has 0 amide bonds. The molecule has 0 atom stereocenters. The predicted molar refractivity (Wildman–Crippen MR) is 43.4 cm³/mol. The van der Waals surface area contributed by atoms with Crippen LogP contribution in [0.15, 0.2) is 35.3 Å². The maximum Gasteiger partial charge on any atom is 0.189 e. The van der Waals surface area contributed by atoms with E-state index < -0.39 is 0 Å². The van der Waals surface area contributed by atoms with Crippen LogP contribution in [0.5, 0.6) is 0 Å². The van der Waals surface area contributed by atoms with Crippen LogP contribution in [0.1, 0.15) is 0 Å². The molecule has 2 nitrogen and oxygen atoms in total. The van der Waals surface area contributed by atoms with Gasteiger partial charge in [0.1, 0.15) is 0 Å². The van der Waals surface area contributed by atoms with Crippen molar-refractivity contribution in [2.45, 2.75) is 0 Å². The van der Waals surface area contributed by atoms with Crippen LogP contribution in [0.2, 0.25) is 0 Å². The molecule has 0 aliphatic heterocycles. The SMILES string of the molecule is O=c1cc[nH]c2ccc[c]c12. The van der Waals surface area contributed by atoms with E-state index in [-0.39, 0.29) is 5.43 Å². The zero-order valence-corrected chi connectivity index (χ0v) is 5.79. The highest BCUT2D eigenvalue weighted by atomic mass is 16.1. The summed E-state index contributed by atoms with van der Waals surface area (Å²) in [7, 11) is 0. The van der Waals surface area contributed by atoms with Crippen LogP contribution in [0.25, 0.3) is 10.9 Å². The van der Waals surface area contributed by atoms with E-state index in [1.165, 1.54) is 6.07 Å². The monoisotopic (exact) mass is 144 g/mol. The molecule has 1 N–H and O–H groups in total. The quantitative estimate of drug-likeness (QED) is 0.594. The van der Waals surface area contributed by atoms with Gasteiger partial charge in [0.2, 0.25) is 0 Å². The molecule has 2 aromatic rings. The lowest BCUT2D eigenvalue weighted by molar-refractivity contribution is 1.39. The molecule has 1 heterocycles. The molecule has 0 spiro atoms. The summed E-state index contributed by atoms with van der Waals surface area (Å²) >= 11 is 0. The maximum absolute atomic E-state index is 11.1. The summed E-state index contributed by atoms with van der Waals surface area (Å²) in [6.07, 6.45) is 1.64. The zero-order chi connectivity index (χ0) is 7.68. The van der Waals surface area contributed by atoms with Gasteiger partial charge in [-0.3, -0.25) is 4.79 Å². The molecule has 0 saturated heterocycles. The first-order valence-electron chi connectivity index (χ1n) is 3.36. The summed E-state index contributed by atoms with van der Waals surface area (Å²) in [6.45, 7) is 0. The van der Waals surface area contributed by atoms with Crippen LogP contribution in [-0.4, -0.2) is 4.98 Å². The second-order valence-corrected chi connectivity index (χ2v) is 2.30. The highest BCUT2D eigenvalue weighted by molar-refractivity contribution is 5.76. The van der Waals surface area contributed by atoms with E-state index in [4.69, 9.17) is 0 Å². The number of aromatic amines is 1. The Morgan fingerprint density at radius 2 is 2.27 bits per heavy atom. The molecule has 0 bridgehead atoms. The Hall–Kier alpha value is -1.57. The number of fused-ring (bicyclic) bond motifs is 1. The summed E-state index contributed by atoms with van der Waals surface area (Å²) in [6, 6.07) is 9.81. The lowest BCUT2D eigenvalue weighted by Crippen LogP contribution is -1.98. The van der Waals surface area contributed by atoms with Crippen molar-refractivity contribution in [1.82, 2.24) is 4.98 Å². The normalized spacial score (nSPS) is 10.2. The molecule has 2 rings (SSSR count). The van der Waals surface area contributed by atoms with Gasteiger partial charge in [0.05, 0.1) is 5.39 Å². The van der Waals surface area contributed by atoms with E-state index in [9.17, 15) is 4.79 Å². The summed E-state index contributed by atoms with van der Waals surface area (Å²) in [5, 5.41) is 0.620. The minimum Gasteiger partial charge on any atom is -0.361 e. The number of pyridine rings is 1. The van der Waals surface area contributed by atoms with Crippen molar-refractivity contribution in [3.8, 4) is 0 Å². The predicted octanol–water partition coefficient (Wildman–Crippen LogP) is 1.33. The van der Waals surface area contributed by atoms with Gasteiger partial charge in [-0.25, -0.2) is 0 Å². The standard InChI is InChI=1S/C9H6NO/c11-9-5-6-10-8-4-2-1-3-7(8)9/h1-2,4-6H,(H,10,11). The number of H-pyrrole nitrogens is 1. The van der Waals surface area contributed by atoms with Crippen LogP contribution in [0.4, 0.5) is 0 Å². The molecule has 1 aromatic heterocycles. The lowest BCUT2D eigenvalue weighted by Gasteiger charge is -1.92. The van der Waals surface area contributed by atoms with E-state index >= 15 is 0 Å². The largest absolute Gasteiger partial charge is 0.361 e. The van der Waals surface area contributed by atoms with Gasteiger partial charge in [-0.2, -0.15) is 0 Å². The molecule has 2 heteroatoms. The van der Waals surface area contributed by atoms with Gasteiger partial charge >= 0.3 is 0 Å². The first-order chi connectivity index (χ1) is 5.38. The van der Waals surface area contributed by atoms with E-state index in [0.29, 0.717) is 5.39 Å². The first kappa shape index (κ1) is 6.16. The van der Waals surface area contributed by atoms with Crippen molar-refractivity contribution >= 4 is 10.9 Å². The number of nitrogens with one attached hydrogen (secondary N) is 1. The van der Waals surface area contributed by atoms with Crippen molar-refractivity contribution in [1.29, 1.82) is 0 Å². The fourth-order valence-electron chi connectivity index (χ4n) is 1.05. The van der Waals surface area contributed by atoms with Gasteiger partial charge in [0, 0.05) is 17.8 Å². The highest BCUT2D eigenvalue weighted by Gasteiger charge is 1.93. The molecule has 0 aliphatic carbocycles. The third-order valence-corrected chi connectivity index (χ3v) is 1.58. The van der Waals surface area contributed by atoms with Gasteiger partial charge in [-0.1, -0.05) is 12.1 Å². The molecule has 53 valence electrons. The fraction of sp³-hybridized carbons (Fsp3) is 0. The molecule has 11 heavy (non-hydrogen) atoms. The Kier molecular flexibility index (Phi) is 1.25. The lowest BCUT2D eigenvalue weighted by atomic mass is 10.2. The van der Waals surface area contributed by atoms with E-state index in [1.54, 1.807) is 12.3 Å². The molecule has 0 saturated carbocycles. The molecule has 0 unspecified atom stereocenters. The van der Waals surface area contributed by atoms with Crippen LogP contribution >= 0.6 is 0 Å². The summed E-state index contributed by atoms with van der Waals surface area (Å²) < 4.78 is 0. The van der Waals surface area contributed by atoms with Crippen molar-refractivity contribution in [3.05, 3.63) is 46.8 Å². The molecule has 1 aromatic carbocycles. The maximum atomic E-state index is 11.1. The van der Waals surface area contributed by atoms with E-state index in [0.717, 1.165) is 5.52 Å². The molecule has 0 aliphatic rings. The Balaban J connectivity index is 3.03. The van der Waals surface area contributed by atoms with Gasteiger partial charge in [0.15, 0.2) is 5.43 Å². The topological polar surface area (TPSA) is 32.9 Å². The Labute approximate surface area is 63.5 Å². The average molecular weight is 144 g/mol.